The molecule has 1 aliphatic rings. The maximum atomic E-state index is 2.51. The number of fused-ring (bicyclic) bond motifs is 1. The van der Waals surface area contributed by atoms with Gasteiger partial charge in [0.25, 0.3) is 0 Å². The molecule has 0 atom stereocenters. The summed E-state index contributed by atoms with van der Waals surface area (Å²) in [5.41, 5.74) is 13.7. The average molecular weight is 574 g/mol. The Morgan fingerprint density at radius 3 is 1.11 bits per heavy atom. The van der Waals surface area contributed by atoms with Crippen molar-refractivity contribution in [3.05, 3.63) is 199 Å². The molecule has 45 heavy (non-hydrogen) atoms. The van der Waals surface area contributed by atoms with Crippen molar-refractivity contribution in [1.82, 2.24) is 0 Å². The molecule has 0 saturated carbocycles. The van der Waals surface area contributed by atoms with E-state index in [1.165, 1.54) is 61.0 Å². The highest BCUT2D eigenvalue weighted by atomic mass is 14.9. The zero-order chi connectivity index (χ0) is 30.1. The van der Waals surface area contributed by atoms with E-state index in [0.717, 1.165) is 0 Å². The van der Waals surface area contributed by atoms with Crippen LogP contribution in [0.2, 0.25) is 0 Å². The van der Waals surface area contributed by atoms with E-state index in [2.05, 4.69) is 199 Å². The van der Waals surface area contributed by atoms with Gasteiger partial charge in [-0.3, -0.25) is 0 Å². The summed E-state index contributed by atoms with van der Waals surface area (Å²) in [6.45, 7) is 0. The van der Waals surface area contributed by atoms with Gasteiger partial charge in [-0.2, -0.15) is 0 Å². The predicted molar refractivity (Wildman–Crippen MR) is 191 cm³/mol. The van der Waals surface area contributed by atoms with Crippen molar-refractivity contribution < 1.29 is 4.48 Å². The molecule has 0 bridgehead atoms. The first-order chi connectivity index (χ1) is 22.3. The summed E-state index contributed by atoms with van der Waals surface area (Å²) >= 11 is 0. The molecular weight excluding hydrogens is 541 g/mol. The van der Waals surface area contributed by atoms with E-state index in [1.807, 2.05) is 0 Å². The largest absolute Gasteiger partial charge is 0.409 e. The minimum absolute atomic E-state index is 1.21. The first-order valence-electron chi connectivity index (χ1n) is 15.7. The fraction of sp³-hybridized carbons (Fsp3) is 0. The van der Waals surface area contributed by atoms with Crippen LogP contribution in [0.25, 0.3) is 44.9 Å². The van der Waals surface area contributed by atoms with Crippen LogP contribution in [0.1, 0.15) is 11.3 Å². The van der Waals surface area contributed by atoms with Crippen molar-refractivity contribution in [3.63, 3.8) is 0 Å². The van der Waals surface area contributed by atoms with Gasteiger partial charge >= 0.3 is 6.28 Å². The molecule has 0 N–H and O–H groups in total. The Bertz CT molecular complexity index is 2020. The van der Waals surface area contributed by atoms with Crippen LogP contribution in [-0.2, 0) is 0 Å². The molecule has 212 valence electrons. The summed E-state index contributed by atoms with van der Waals surface area (Å²) in [6.07, 6.45) is 3.11. The molecule has 0 amide bonds. The molecule has 8 rings (SSSR count). The Labute approximate surface area is 265 Å². The highest BCUT2D eigenvalue weighted by Gasteiger charge is 2.48. The van der Waals surface area contributed by atoms with Crippen LogP contribution in [0.5, 0.6) is 0 Å². The van der Waals surface area contributed by atoms with Gasteiger partial charge in [-0.15, -0.1) is 16.4 Å². The molecule has 1 aliphatic heterocycles. The van der Waals surface area contributed by atoms with Gasteiger partial charge in [0.15, 0.2) is 0 Å². The maximum Gasteiger partial charge on any atom is 0.361 e. The molecule has 7 aromatic rings. The molecule has 0 radical (unpaired) electrons. The third kappa shape index (κ3) is 4.72. The minimum atomic E-state index is -1.54. The molecule has 0 aliphatic carbocycles. The molecule has 0 saturated heterocycles. The lowest BCUT2D eigenvalue weighted by Gasteiger charge is -2.36. The predicted octanol–water partition coefficient (Wildman–Crippen LogP) is 8.68. The van der Waals surface area contributed by atoms with Gasteiger partial charge in [0.1, 0.15) is 11.9 Å². The van der Waals surface area contributed by atoms with Crippen molar-refractivity contribution in [3.8, 4) is 33.4 Å². The standard InChI is InChI=1S/C43H32BN/c1-4-12-33(13-5-1)36-19-21-39(22-20-36)43-32-42-18-10-11-31-45(42)44(43,40-27-23-37(24-28-40)34-14-6-2-7-15-34)41-29-25-38(26-30-41)35-16-8-3-9-17-35/h1-32H. The molecule has 1 aromatic heterocycles. The van der Waals surface area contributed by atoms with Crippen LogP contribution in [0.15, 0.2) is 188 Å². The highest BCUT2D eigenvalue weighted by Crippen LogP contribution is 2.33. The van der Waals surface area contributed by atoms with Crippen molar-refractivity contribution in [2.24, 2.45) is 0 Å². The monoisotopic (exact) mass is 573 g/mol. The zero-order valence-electron chi connectivity index (χ0n) is 25.0. The van der Waals surface area contributed by atoms with E-state index in [9.17, 15) is 0 Å². The van der Waals surface area contributed by atoms with Gasteiger partial charge in [0, 0.05) is 6.07 Å². The molecule has 0 unspecified atom stereocenters. The lowest BCUT2D eigenvalue weighted by Crippen LogP contribution is -2.78. The van der Waals surface area contributed by atoms with E-state index in [1.54, 1.807) is 0 Å². The zero-order valence-corrected chi connectivity index (χ0v) is 25.0. The number of aromatic nitrogens is 1. The summed E-state index contributed by atoms with van der Waals surface area (Å²) < 4.78 is 2.51. The minimum Gasteiger partial charge on any atom is -0.409 e. The SMILES string of the molecule is C1=C(c2ccc(-c3ccccc3)cc2)[B-](c2ccc(-c3ccccc3)cc2)(c2ccc(-c3ccccc3)cc2)[n+]2ccccc21. The van der Waals surface area contributed by atoms with E-state index in [4.69, 9.17) is 0 Å². The lowest BCUT2D eigenvalue weighted by atomic mass is 9.23. The first kappa shape index (κ1) is 26.9. The van der Waals surface area contributed by atoms with Crippen LogP contribution in [0.3, 0.4) is 0 Å². The molecular formula is C43H32BN. The topological polar surface area (TPSA) is 3.88 Å². The molecule has 1 nitrogen and oxygen atoms in total. The normalized spacial score (nSPS) is 13.2. The number of rotatable bonds is 6. The maximum absolute atomic E-state index is 2.51. The van der Waals surface area contributed by atoms with E-state index in [0.29, 0.717) is 0 Å². The highest BCUT2D eigenvalue weighted by molar-refractivity contribution is 7.10. The van der Waals surface area contributed by atoms with Crippen LogP contribution in [-0.4, -0.2) is 6.28 Å². The van der Waals surface area contributed by atoms with Gasteiger partial charge in [0.05, 0.1) is 0 Å². The molecule has 6 aromatic carbocycles. The summed E-state index contributed by atoms with van der Waals surface area (Å²) in [5.74, 6) is 0. The number of pyridine rings is 1. The van der Waals surface area contributed by atoms with Crippen LogP contribution in [0, 0.1) is 0 Å². The number of nitrogens with zero attached hydrogens (tertiary/aromatic N) is 1. The van der Waals surface area contributed by atoms with Gasteiger partial charge in [-0.05, 0) is 45.5 Å². The Morgan fingerprint density at radius 1 is 0.311 bits per heavy atom. The van der Waals surface area contributed by atoms with Gasteiger partial charge in [-0.1, -0.05) is 175 Å². The second kappa shape index (κ2) is 11.4. The fourth-order valence-corrected chi connectivity index (χ4v) is 7.23. The summed E-state index contributed by atoms with van der Waals surface area (Å²) in [7, 11) is 0. The second-order valence-electron chi connectivity index (χ2n) is 11.9. The van der Waals surface area contributed by atoms with Crippen LogP contribution in [0.4, 0.5) is 0 Å². The molecule has 0 fully saturated rings. The van der Waals surface area contributed by atoms with E-state index >= 15 is 0 Å². The Morgan fingerprint density at radius 2 is 0.667 bits per heavy atom. The van der Waals surface area contributed by atoms with Gasteiger partial charge < -0.3 is 4.48 Å². The van der Waals surface area contributed by atoms with Crippen molar-refractivity contribution in [2.75, 3.05) is 0 Å². The number of benzene rings is 6. The van der Waals surface area contributed by atoms with Crippen LogP contribution >= 0.6 is 0 Å². The molecule has 0 spiro atoms. The number of hydrogen-bond acceptors (Lipinski definition) is 0. The van der Waals surface area contributed by atoms with Crippen molar-refractivity contribution >= 4 is 28.8 Å². The average Bonchev–Trinajstić information content (AvgIpc) is 3.49. The third-order valence-electron chi connectivity index (χ3n) is 9.42. The van der Waals surface area contributed by atoms with Gasteiger partial charge in [-0.25, -0.2) is 0 Å². The smallest absolute Gasteiger partial charge is 0.361 e. The quantitative estimate of drug-likeness (QED) is 0.175. The van der Waals surface area contributed by atoms with Crippen molar-refractivity contribution in [1.29, 1.82) is 0 Å². The number of hydrogen-bond donors (Lipinski definition) is 0. The van der Waals surface area contributed by atoms with Crippen molar-refractivity contribution in [2.45, 2.75) is 0 Å². The molecule has 2 heterocycles. The van der Waals surface area contributed by atoms with E-state index < -0.39 is 6.28 Å². The molecule has 2 heteroatoms. The Kier molecular flexibility index (Phi) is 6.81. The summed E-state index contributed by atoms with van der Waals surface area (Å²) in [6, 6.07) is 66.0. The van der Waals surface area contributed by atoms with Crippen LogP contribution < -0.4 is 15.4 Å². The summed E-state index contributed by atoms with van der Waals surface area (Å²) in [4.78, 5) is 0. The van der Waals surface area contributed by atoms with E-state index in [-0.39, 0.29) is 0 Å². The third-order valence-corrected chi connectivity index (χ3v) is 9.42. The fourth-order valence-electron chi connectivity index (χ4n) is 7.23. The lowest BCUT2D eigenvalue weighted by molar-refractivity contribution is -0.538. The Balaban J connectivity index is 1.33. The van der Waals surface area contributed by atoms with Gasteiger partial charge in [0.2, 0.25) is 0 Å². The second-order valence-corrected chi connectivity index (χ2v) is 11.9. The Hall–Kier alpha value is -5.73. The first-order valence-corrected chi connectivity index (χ1v) is 15.7. The summed E-state index contributed by atoms with van der Waals surface area (Å²) in [5, 5.41) is 0.